The van der Waals surface area contributed by atoms with Gasteiger partial charge in [0.15, 0.2) is 0 Å². The van der Waals surface area contributed by atoms with Crippen molar-refractivity contribution in [3.8, 4) is 0 Å². The lowest BCUT2D eigenvalue weighted by Crippen LogP contribution is -2.34. The molecule has 0 saturated carbocycles. The van der Waals surface area contributed by atoms with Gasteiger partial charge in [-0.15, -0.1) is 0 Å². The first-order chi connectivity index (χ1) is 7.13. The van der Waals surface area contributed by atoms with Crippen LogP contribution in [0.15, 0.2) is 0 Å². The van der Waals surface area contributed by atoms with Crippen LogP contribution in [0.3, 0.4) is 0 Å². The Balaban J connectivity index is 3.53. The second kappa shape index (κ2) is 9.16. The fraction of sp³-hybridized carbons (Fsp3) is 0.909. The summed E-state index contributed by atoms with van der Waals surface area (Å²) in [7, 11) is 0. The van der Waals surface area contributed by atoms with E-state index in [1.807, 2.05) is 0 Å². The molecule has 0 aromatic carbocycles. The summed E-state index contributed by atoms with van der Waals surface area (Å²) in [4.78, 5) is 13.5. The second-order valence-corrected chi connectivity index (χ2v) is 4.33. The number of carbonyl (C=O) groups excluding carboxylic acids is 1. The Hall–Kier alpha value is -0.0900. The van der Waals surface area contributed by atoms with Crippen LogP contribution in [0, 0.1) is 0 Å². The fourth-order valence-corrected chi connectivity index (χ4v) is 1.71. The summed E-state index contributed by atoms with van der Waals surface area (Å²) in [6, 6.07) is 0.283. The largest absolute Gasteiger partial charge is 0.353 e. The third-order valence-electron chi connectivity index (χ3n) is 2.53. The molecule has 1 amide bonds. The number of rotatable bonds is 8. The summed E-state index contributed by atoms with van der Waals surface area (Å²) in [5.74, 6) is 0.0744. The van der Waals surface area contributed by atoms with E-state index in [9.17, 15) is 4.79 Å². The number of nitrogens with one attached hydrogen (secondary N) is 1. The Morgan fingerprint density at radius 1 is 1.40 bits per heavy atom. The quantitative estimate of drug-likeness (QED) is 0.689. The SMILES string of the molecule is CCN(CC)CCCC(C)NC(=O)CBr. The highest BCUT2D eigenvalue weighted by atomic mass is 79.9. The fourth-order valence-electron chi connectivity index (χ4n) is 1.55. The molecule has 0 aliphatic rings. The monoisotopic (exact) mass is 278 g/mol. The molecule has 4 heteroatoms. The Morgan fingerprint density at radius 3 is 2.47 bits per heavy atom. The molecule has 0 bridgehead atoms. The molecule has 1 unspecified atom stereocenters. The van der Waals surface area contributed by atoms with Crippen molar-refractivity contribution in [2.24, 2.45) is 0 Å². The van der Waals surface area contributed by atoms with Crippen molar-refractivity contribution in [1.29, 1.82) is 0 Å². The Kier molecular flexibility index (Phi) is 9.10. The lowest BCUT2D eigenvalue weighted by Gasteiger charge is -2.19. The summed E-state index contributed by atoms with van der Waals surface area (Å²) < 4.78 is 0. The number of amides is 1. The molecule has 0 fully saturated rings. The molecule has 0 rings (SSSR count). The van der Waals surface area contributed by atoms with Gasteiger partial charge < -0.3 is 10.2 Å². The third kappa shape index (κ3) is 7.79. The van der Waals surface area contributed by atoms with Gasteiger partial charge in [-0.2, -0.15) is 0 Å². The lowest BCUT2D eigenvalue weighted by molar-refractivity contribution is -0.119. The van der Waals surface area contributed by atoms with E-state index in [0.29, 0.717) is 5.33 Å². The minimum absolute atomic E-state index is 0.0744. The van der Waals surface area contributed by atoms with Crippen molar-refractivity contribution >= 4 is 21.8 Å². The van der Waals surface area contributed by atoms with Gasteiger partial charge in [0.1, 0.15) is 0 Å². The van der Waals surface area contributed by atoms with Crippen LogP contribution in [0.4, 0.5) is 0 Å². The van der Waals surface area contributed by atoms with Crippen molar-refractivity contribution in [2.45, 2.75) is 39.7 Å². The summed E-state index contributed by atoms with van der Waals surface area (Å²) in [6.45, 7) is 9.76. The molecule has 3 nitrogen and oxygen atoms in total. The summed E-state index contributed by atoms with van der Waals surface area (Å²) in [5, 5.41) is 3.33. The maximum Gasteiger partial charge on any atom is 0.230 e. The van der Waals surface area contributed by atoms with E-state index in [1.165, 1.54) is 0 Å². The van der Waals surface area contributed by atoms with Crippen LogP contribution in [0.25, 0.3) is 0 Å². The number of hydrogen-bond donors (Lipinski definition) is 1. The molecule has 0 aliphatic carbocycles. The first-order valence-corrected chi connectivity index (χ1v) is 6.83. The minimum atomic E-state index is 0.0744. The molecule has 0 saturated heterocycles. The van der Waals surface area contributed by atoms with Crippen molar-refractivity contribution in [2.75, 3.05) is 25.0 Å². The predicted molar refractivity (Wildman–Crippen MR) is 68.4 cm³/mol. The van der Waals surface area contributed by atoms with Gasteiger partial charge in [-0.3, -0.25) is 4.79 Å². The maximum atomic E-state index is 11.1. The molecule has 0 aromatic rings. The van der Waals surface area contributed by atoms with Crippen LogP contribution in [0.2, 0.25) is 0 Å². The van der Waals surface area contributed by atoms with Crippen LogP contribution < -0.4 is 5.32 Å². The third-order valence-corrected chi connectivity index (χ3v) is 3.04. The number of nitrogens with zero attached hydrogens (tertiary/aromatic N) is 1. The normalized spacial score (nSPS) is 12.9. The number of hydrogen-bond acceptors (Lipinski definition) is 2. The number of halogens is 1. The molecular weight excluding hydrogens is 256 g/mol. The molecule has 0 heterocycles. The zero-order chi connectivity index (χ0) is 11.7. The lowest BCUT2D eigenvalue weighted by atomic mass is 10.2. The van der Waals surface area contributed by atoms with E-state index >= 15 is 0 Å². The predicted octanol–water partition coefficient (Wildman–Crippen LogP) is 2.01. The van der Waals surface area contributed by atoms with Gasteiger partial charge in [-0.1, -0.05) is 29.8 Å². The zero-order valence-electron chi connectivity index (χ0n) is 10.1. The van der Waals surface area contributed by atoms with Crippen molar-refractivity contribution < 1.29 is 4.79 Å². The highest BCUT2D eigenvalue weighted by molar-refractivity contribution is 9.09. The molecule has 15 heavy (non-hydrogen) atoms. The van der Waals surface area contributed by atoms with E-state index in [2.05, 4.69) is 46.9 Å². The van der Waals surface area contributed by atoms with Gasteiger partial charge in [0.25, 0.3) is 0 Å². The molecule has 90 valence electrons. The van der Waals surface area contributed by atoms with E-state index in [4.69, 9.17) is 0 Å². The highest BCUT2D eigenvalue weighted by Gasteiger charge is 2.06. The molecule has 1 atom stereocenters. The van der Waals surface area contributed by atoms with E-state index < -0.39 is 0 Å². The zero-order valence-corrected chi connectivity index (χ0v) is 11.6. The first-order valence-electron chi connectivity index (χ1n) is 5.71. The van der Waals surface area contributed by atoms with Crippen LogP contribution in [-0.2, 0) is 4.79 Å². The molecule has 0 radical (unpaired) electrons. The molecule has 1 N–H and O–H groups in total. The summed E-state index contributed by atoms with van der Waals surface area (Å²) >= 11 is 3.14. The summed E-state index contributed by atoms with van der Waals surface area (Å²) in [6.07, 6.45) is 2.20. The van der Waals surface area contributed by atoms with Crippen molar-refractivity contribution in [1.82, 2.24) is 10.2 Å². The average Bonchev–Trinajstić information content (AvgIpc) is 2.24. The van der Waals surface area contributed by atoms with Crippen molar-refractivity contribution in [3.63, 3.8) is 0 Å². The van der Waals surface area contributed by atoms with Crippen LogP contribution in [-0.4, -0.2) is 41.8 Å². The highest BCUT2D eigenvalue weighted by Crippen LogP contribution is 1.99. The van der Waals surface area contributed by atoms with Gasteiger partial charge in [0.2, 0.25) is 5.91 Å². The first kappa shape index (κ1) is 14.9. The Morgan fingerprint density at radius 2 is 2.00 bits per heavy atom. The van der Waals surface area contributed by atoms with Crippen LogP contribution in [0.1, 0.15) is 33.6 Å². The summed E-state index contributed by atoms with van der Waals surface area (Å²) in [5.41, 5.74) is 0. The second-order valence-electron chi connectivity index (χ2n) is 3.77. The van der Waals surface area contributed by atoms with Gasteiger partial charge >= 0.3 is 0 Å². The smallest absolute Gasteiger partial charge is 0.230 e. The van der Waals surface area contributed by atoms with Gasteiger partial charge in [-0.25, -0.2) is 0 Å². The molecule has 0 aliphatic heterocycles. The standard InChI is InChI=1S/C11H23BrN2O/c1-4-14(5-2)8-6-7-10(3)13-11(15)9-12/h10H,4-9H2,1-3H3,(H,13,15). The van der Waals surface area contributed by atoms with Gasteiger partial charge in [0, 0.05) is 6.04 Å². The van der Waals surface area contributed by atoms with E-state index in [0.717, 1.165) is 32.5 Å². The van der Waals surface area contributed by atoms with Crippen LogP contribution in [0.5, 0.6) is 0 Å². The number of alkyl halides is 1. The van der Waals surface area contributed by atoms with Gasteiger partial charge in [0.05, 0.1) is 5.33 Å². The Bertz CT molecular complexity index is 172. The molecule has 0 spiro atoms. The maximum absolute atomic E-state index is 11.1. The van der Waals surface area contributed by atoms with E-state index in [-0.39, 0.29) is 11.9 Å². The Labute approximate surface area is 102 Å². The van der Waals surface area contributed by atoms with Gasteiger partial charge in [-0.05, 0) is 39.4 Å². The number of carbonyl (C=O) groups is 1. The van der Waals surface area contributed by atoms with Crippen molar-refractivity contribution in [3.05, 3.63) is 0 Å². The molecular formula is C11H23BrN2O. The van der Waals surface area contributed by atoms with E-state index in [1.54, 1.807) is 0 Å². The molecule has 0 aromatic heterocycles. The topological polar surface area (TPSA) is 32.3 Å². The average molecular weight is 279 g/mol. The van der Waals surface area contributed by atoms with Crippen LogP contribution >= 0.6 is 15.9 Å². The minimum Gasteiger partial charge on any atom is -0.353 e.